The van der Waals surface area contributed by atoms with E-state index in [1.807, 2.05) is 0 Å². The standard InChI is InChI=1S/C20H15F4NO2/c21-14-9-7-13(8-10-14)16(12-15-4-3-11-27-15)19(26)25-18-6-2-1-5-17(18)20(22,23)24/h1-11,16H,12H2,(H,25,26). The van der Waals surface area contributed by atoms with Crippen molar-refractivity contribution in [2.24, 2.45) is 0 Å². The summed E-state index contributed by atoms with van der Waals surface area (Å²) < 4.78 is 58.0. The minimum atomic E-state index is -4.60. The number of alkyl halides is 3. The number of anilines is 1. The van der Waals surface area contributed by atoms with Crippen molar-refractivity contribution in [3.63, 3.8) is 0 Å². The second-order valence-corrected chi connectivity index (χ2v) is 5.92. The average Bonchev–Trinajstić information content (AvgIpc) is 3.13. The van der Waals surface area contributed by atoms with E-state index in [0.29, 0.717) is 11.3 Å². The molecule has 3 rings (SSSR count). The summed E-state index contributed by atoms with van der Waals surface area (Å²) in [6, 6.07) is 13.3. The number of halogens is 4. The summed E-state index contributed by atoms with van der Waals surface area (Å²) in [7, 11) is 0. The highest BCUT2D eigenvalue weighted by Gasteiger charge is 2.34. The van der Waals surface area contributed by atoms with Crippen molar-refractivity contribution in [1.29, 1.82) is 0 Å². The smallest absolute Gasteiger partial charge is 0.418 e. The topological polar surface area (TPSA) is 42.2 Å². The summed E-state index contributed by atoms with van der Waals surface area (Å²) in [6.07, 6.45) is -3.04. The Bertz CT molecular complexity index is 902. The first-order valence-corrected chi connectivity index (χ1v) is 8.09. The Morgan fingerprint density at radius 1 is 1.00 bits per heavy atom. The summed E-state index contributed by atoms with van der Waals surface area (Å²) in [4.78, 5) is 12.8. The van der Waals surface area contributed by atoms with E-state index >= 15 is 0 Å². The minimum Gasteiger partial charge on any atom is -0.469 e. The van der Waals surface area contributed by atoms with E-state index in [1.54, 1.807) is 12.1 Å². The Kier molecular flexibility index (Phi) is 5.30. The molecule has 1 amide bonds. The van der Waals surface area contributed by atoms with Crippen molar-refractivity contribution in [3.8, 4) is 0 Å². The second-order valence-electron chi connectivity index (χ2n) is 5.92. The Labute approximate surface area is 152 Å². The highest BCUT2D eigenvalue weighted by molar-refractivity contribution is 5.96. The largest absolute Gasteiger partial charge is 0.469 e. The highest BCUT2D eigenvalue weighted by atomic mass is 19.4. The van der Waals surface area contributed by atoms with E-state index in [-0.39, 0.29) is 12.1 Å². The van der Waals surface area contributed by atoms with Crippen LogP contribution in [-0.2, 0) is 17.4 Å². The normalized spacial score (nSPS) is 12.6. The molecule has 3 nitrogen and oxygen atoms in total. The van der Waals surface area contributed by atoms with Crippen molar-refractivity contribution >= 4 is 11.6 Å². The van der Waals surface area contributed by atoms with E-state index < -0.39 is 29.4 Å². The van der Waals surface area contributed by atoms with E-state index in [9.17, 15) is 22.4 Å². The zero-order valence-electron chi connectivity index (χ0n) is 14.0. The van der Waals surface area contributed by atoms with Gasteiger partial charge >= 0.3 is 6.18 Å². The lowest BCUT2D eigenvalue weighted by molar-refractivity contribution is -0.137. The number of benzene rings is 2. The van der Waals surface area contributed by atoms with Crippen LogP contribution in [0.25, 0.3) is 0 Å². The number of furan rings is 1. The van der Waals surface area contributed by atoms with Crippen molar-refractivity contribution < 1.29 is 26.8 Å². The van der Waals surface area contributed by atoms with Gasteiger partial charge in [0.25, 0.3) is 0 Å². The van der Waals surface area contributed by atoms with Crippen LogP contribution in [-0.4, -0.2) is 5.91 Å². The van der Waals surface area contributed by atoms with Crippen LogP contribution in [0.2, 0.25) is 0 Å². The molecule has 27 heavy (non-hydrogen) atoms. The van der Waals surface area contributed by atoms with Crippen LogP contribution in [0.1, 0.15) is 22.8 Å². The maximum Gasteiger partial charge on any atom is 0.418 e. The molecule has 0 saturated carbocycles. The van der Waals surface area contributed by atoms with Gasteiger partial charge in [-0.15, -0.1) is 0 Å². The van der Waals surface area contributed by atoms with Gasteiger partial charge in [-0.2, -0.15) is 13.2 Å². The van der Waals surface area contributed by atoms with Gasteiger partial charge in [0.05, 0.1) is 23.4 Å². The summed E-state index contributed by atoms with van der Waals surface area (Å²) in [6.45, 7) is 0. The SMILES string of the molecule is O=C(Nc1ccccc1C(F)(F)F)C(Cc1ccco1)c1ccc(F)cc1. The molecule has 0 fully saturated rings. The van der Waals surface area contributed by atoms with Gasteiger partial charge in [0.2, 0.25) is 5.91 Å². The molecule has 140 valence electrons. The Morgan fingerprint density at radius 3 is 2.33 bits per heavy atom. The van der Waals surface area contributed by atoms with Gasteiger partial charge in [0, 0.05) is 6.42 Å². The van der Waals surface area contributed by atoms with Crippen LogP contribution in [0.4, 0.5) is 23.2 Å². The predicted molar refractivity (Wildman–Crippen MR) is 91.6 cm³/mol. The molecule has 0 bridgehead atoms. The van der Waals surface area contributed by atoms with E-state index in [0.717, 1.165) is 6.07 Å². The lowest BCUT2D eigenvalue weighted by atomic mass is 9.93. The summed E-state index contributed by atoms with van der Waals surface area (Å²) in [5.41, 5.74) is -0.800. The molecule has 1 unspecified atom stereocenters. The fourth-order valence-corrected chi connectivity index (χ4v) is 2.75. The van der Waals surface area contributed by atoms with Gasteiger partial charge in [0.15, 0.2) is 0 Å². The molecular formula is C20H15F4NO2. The molecule has 1 heterocycles. The number of hydrogen-bond acceptors (Lipinski definition) is 2. The van der Waals surface area contributed by atoms with E-state index in [2.05, 4.69) is 5.32 Å². The van der Waals surface area contributed by atoms with Gasteiger partial charge < -0.3 is 9.73 Å². The van der Waals surface area contributed by atoms with Crippen LogP contribution in [0.5, 0.6) is 0 Å². The number of carbonyl (C=O) groups excluding carboxylic acids is 1. The van der Waals surface area contributed by atoms with Gasteiger partial charge in [-0.3, -0.25) is 4.79 Å². The van der Waals surface area contributed by atoms with Crippen LogP contribution >= 0.6 is 0 Å². The van der Waals surface area contributed by atoms with Crippen LogP contribution in [0.3, 0.4) is 0 Å². The molecule has 3 aromatic rings. The molecule has 0 aliphatic heterocycles. The van der Waals surface area contributed by atoms with Gasteiger partial charge in [0.1, 0.15) is 11.6 Å². The van der Waals surface area contributed by atoms with Gasteiger partial charge in [-0.25, -0.2) is 4.39 Å². The number of amides is 1. The Hall–Kier alpha value is -3.09. The molecular weight excluding hydrogens is 362 g/mol. The molecule has 1 atom stereocenters. The number of nitrogens with one attached hydrogen (secondary N) is 1. The molecule has 7 heteroatoms. The third-order valence-corrected chi connectivity index (χ3v) is 4.06. The van der Waals surface area contributed by atoms with Crippen LogP contribution < -0.4 is 5.32 Å². The number of rotatable bonds is 5. The van der Waals surface area contributed by atoms with E-state index in [1.165, 1.54) is 48.7 Å². The van der Waals surface area contributed by atoms with Crippen molar-refractivity contribution in [2.45, 2.75) is 18.5 Å². The maximum absolute atomic E-state index is 13.2. The molecule has 0 aliphatic rings. The quantitative estimate of drug-likeness (QED) is 0.605. The number of para-hydroxylation sites is 1. The zero-order chi connectivity index (χ0) is 19.4. The Balaban J connectivity index is 1.91. The molecule has 1 N–H and O–H groups in total. The summed E-state index contributed by atoms with van der Waals surface area (Å²) >= 11 is 0. The van der Waals surface area contributed by atoms with Gasteiger partial charge in [-0.1, -0.05) is 24.3 Å². The third kappa shape index (κ3) is 4.55. The fraction of sp³-hybridized carbons (Fsp3) is 0.150. The number of carbonyl (C=O) groups is 1. The van der Waals surface area contributed by atoms with Crippen LogP contribution in [0, 0.1) is 5.82 Å². The zero-order valence-corrected chi connectivity index (χ0v) is 14.0. The molecule has 2 aromatic carbocycles. The highest BCUT2D eigenvalue weighted by Crippen LogP contribution is 2.35. The molecule has 0 spiro atoms. The third-order valence-electron chi connectivity index (χ3n) is 4.06. The van der Waals surface area contributed by atoms with Crippen molar-refractivity contribution in [2.75, 3.05) is 5.32 Å². The summed E-state index contributed by atoms with van der Waals surface area (Å²) in [5.74, 6) is -1.48. The molecule has 1 aromatic heterocycles. The fourth-order valence-electron chi connectivity index (χ4n) is 2.75. The lowest BCUT2D eigenvalue weighted by Crippen LogP contribution is -2.24. The molecule has 0 aliphatic carbocycles. The van der Waals surface area contributed by atoms with E-state index in [4.69, 9.17) is 4.42 Å². The monoisotopic (exact) mass is 377 g/mol. The van der Waals surface area contributed by atoms with Gasteiger partial charge in [-0.05, 0) is 42.0 Å². The lowest BCUT2D eigenvalue weighted by Gasteiger charge is -2.19. The minimum absolute atomic E-state index is 0.124. The summed E-state index contributed by atoms with van der Waals surface area (Å²) in [5, 5.41) is 2.35. The second kappa shape index (κ2) is 7.65. The van der Waals surface area contributed by atoms with Crippen molar-refractivity contribution in [1.82, 2.24) is 0 Å². The molecule has 0 radical (unpaired) electrons. The maximum atomic E-state index is 13.2. The molecule has 0 saturated heterocycles. The number of hydrogen-bond donors (Lipinski definition) is 1. The average molecular weight is 377 g/mol. The van der Waals surface area contributed by atoms with Crippen molar-refractivity contribution in [3.05, 3.63) is 89.6 Å². The predicted octanol–water partition coefficient (Wildman–Crippen LogP) is 5.40. The first-order chi connectivity index (χ1) is 12.8. The Morgan fingerprint density at radius 2 is 1.70 bits per heavy atom. The van der Waals surface area contributed by atoms with Crippen LogP contribution in [0.15, 0.2) is 71.3 Å². The first kappa shape index (κ1) is 18.7. The first-order valence-electron chi connectivity index (χ1n) is 8.09.